The van der Waals surface area contributed by atoms with Crippen LogP contribution in [0.4, 0.5) is 4.79 Å². The quantitative estimate of drug-likeness (QED) is 0.532. The molecule has 0 saturated carbocycles. The van der Waals surface area contributed by atoms with E-state index in [0.717, 1.165) is 4.90 Å². The number of carbonyl (C=O) groups is 3. The van der Waals surface area contributed by atoms with Crippen LogP contribution in [-0.4, -0.2) is 59.3 Å². The van der Waals surface area contributed by atoms with Gasteiger partial charge in [0.2, 0.25) is 0 Å². The summed E-state index contributed by atoms with van der Waals surface area (Å²) in [6.07, 6.45) is -0.568. The van der Waals surface area contributed by atoms with E-state index in [9.17, 15) is 19.5 Å². The van der Waals surface area contributed by atoms with Crippen molar-refractivity contribution in [2.45, 2.75) is 38.8 Å². The molecule has 0 unspecified atom stereocenters. The SMILES string of the molecule is CCOC(=O)c1ccc(OC[C@H](O)CN2C(=O)N[C@](C)(CC)C2=O)cc1. The first-order valence-electron chi connectivity index (χ1n) is 8.53. The topological polar surface area (TPSA) is 105 Å². The zero-order valence-electron chi connectivity index (χ0n) is 15.2. The third kappa shape index (κ3) is 4.32. The second kappa shape index (κ2) is 8.18. The number of nitrogens with one attached hydrogen (secondary N) is 1. The summed E-state index contributed by atoms with van der Waals surface area (Å²) in [6.45, 7) is 5.23. The highest BCUT2D eigenvalue weighted by Crippen LogP contribution is 2.21. The number of aliphatic hydroxyl groups is 1. The van der Waals surface area contributed by atoms with Crippen LogP contribution < -0.4 is 10.1 Å². The van der Waals surface area contributed by atoms with Gasteiger partial charge in [0, 0.05) is 0 Å². The molecular weight excluding hydrogens is 340 g/mol. The lowest BCUT2D eigenvalue weighted by Gasteiger charge is -2.21. The predicted octanol–water partition coefficient (Wildman–Crippen LogP) is 1.32. The standard InChI is InChI=1S/C18H24N2O6/c1-4-18(3)16(23)20(17(24)19-18)10-13(21)11-26-14-8-6-12(7-9-14)15(22)25-5-2/h6-9,13,21H,4-5,10-11H2,1-3H3,(H,19,24)/t13-,18-/m1/s1. The number of benzene rings is 1. The van der Waals surface area contributed by atoms with Gasteiger partial charge in [-0.1, -0.05) is 6.92 Å². The molecule has 2 atom stereocenters. The van der Waals surface area contributed by atoms with E-state index in [1.165, 1.54) is 0 Å². The van der Waals surface area contributed by atoms with Gasteiger partial charge >= 0.3 is 12.0 Å². The number of urea groups is 1. The molecule has 2 N–H and O–H groups in total. The molecule has 1 aromatic carbocycles. The first-order valence-corrected chi connectivity index (χ1v) is 8.53. The summed E-state index contributed by atoms with van der Waals surface area (Å²) in [6, 6.07) is 5.77. The molecule has 0 bridgehead atoms. The Bertz CT molecular complexity index is 675. The van der Waals surface area contributed by atoms with Gasteiger partial charge in [-0.25, -0.2) is 9.59 Å². The van der Waals surface area contributed by atoms with Gasteiger partial charge in [0.05, 0.1) is 18.7 Å². The van der Waals surface area contributed by atoms with Crippen molar-refractivity contribution in [3.63, 3.8) is 0 Å². The normalized spacial score (nSPS) is 20.7. The van der Waals surface area contributed by atoms with Gasteiger partial charge in [-0.2, -0.15) is 0 Å². The molecule has 2 rings (SSSR count). The molecule has 1 aliphatic heterocycles. The molecule has 1 aliphatic rings. The lowest BCUT2D eigenvalue weighted by atomic mass is 9.99. The predicted molar refractivity (Wildman–Crippen MR) is 92.8 cm³/mol. The molecule has 0 aliphatic carbocycles. The Hall–Kier alpha value is -2.61. The number of aliphatic hydroxyl groups excluding tert-OH is 1. The second-order valence-electron chi connectivity index (χ2n) is 6.24. The minimum absolute atomic E-state index is 0.0986. The summed E-state index contributed by atoms with van der Waals surface area (Å²) < 4.78 is 10.3. The number of esters is 1. The number of hydrogen-bond acceptors (Lipinski definition) is 6. The average molecular weight is 364 g/mol. The second-order valence-corrected chi connectivity index (χ2v) is 6.24. The maximum absolute atomic E-state index is 12.3. The van der Waals surface area contributed by atoms with Crippen molar-refractivity contribution in [3.05, 3.63) is 29.8 Å². The number of nitrogens with zero attached hydrogens (tertiary/aromatic N) is 1. The lowest BCUT2D eigenvalue weighted by molar-refractivity contribution is -0.132. The van der Waals surface area contributed by atoms with Crippen molar-refractivity contribution in [1.82, 2.24) is 10.2 Å². The number of β-amino-alcohol motifs (C(OH)–C–C–N with tert-alkyl or cyclic N) is 1. The van der Waals surface area contributed by atoms with E-state index in [4.69, 9.17) is 9.47 Å². The molecule has 1 heterocycles. The van der Waals surface area contributed by atoms with E-state index >= 15 is 0 Å². The average Bonchev–Trinajstić information content (AvgIpc) is 2.84. The largest absolute Gasteiger partial charge is 0.491 e. The highest BCUT2D eigenvalue weighted by Gasteiger charge is 2.46. The van der Waals surface area contributed by atoms with Crippen LogP contribution in [0.25, 0.3) is 0 Å². The Morgan fingerprint density at radius 2 is 1.92 bits per heavy atom. The van der Waals surface area contributed by atoms with Crippen molar-refractivity contribution >= 4 is 17.9 Å². The van der Waals surface area contributed by atoms with Crippen LogP contribution in [0.5, 0.6) is 5.75 Å². The maximum atomic E-state index is 12.3. The van der Waals surface area contributed by atoms with Crippen molar-refractivity contribution < 1.29 is 29.0 Å². The minimum Gasteiger partial charge on any atom is -0.491 e. The summed E-state index contributed by atoms with van der Waals surface area (Å²) >= 11 is 0. The third-order valence-electron chi connectivity index (χ3n) is 4.25. The van der Waals surface area contributed by atoms with E-state index in [-0.39, 0.29) is 19.1 Å². The lowest BCUT2D eigenvalue weighted by Crippen LogP contribution is -2.44. The molecule has 0 aromatic heterocycles. The summed E-state index contributed by atoms with van der Waals surface area (Å²) in [5.74, 6) is -0.327. The Balaban J connectivity index is 1.87. The van der Waals surface area contributed by atoms with Crippen LogP contribution in [0.15, 0.2) is 24.3 Å². The molecule has 3 amide bonds. The van der Waals surface area contributed by atoms with Crippen LogP contribution in [0.2, 0.25) is 0 Å². The number of amides is 3. The van der Waals surface area contributed by atoms with Crippen LogP contribution in [0.1, 0.15) is 37.6 Å². The maximum Gasteiger partial charge on any atom is 0.338 e. The molecule has 0 radical (unpaired) electrons. The zero-order valence-corrected chi connectivity index (χ0v) is 15.2. The van der Waals surface area contributed by atoms with E-state index in [0.29, 0.717) is 24.3 Å². The van der Waals surface area contributed by atoms with Gasteiger partial charge in [0.15, 0.2) is 0 Å². The van der Waals surface area contributed by atoms with Gasteiger partial charge in [-0.05, 0) is 44.5 Å². The highest BCUT2D eigenvalue weighted by molar-refractivity contribution is 6.06. The molecular formula is C18H24N2O6. The van der Waals surface area contributed by atoms with Crippen molar-refractivity contribution in [3.8, 4) is 5.75 Å². The summed E-state index contributed by atoms with van der Waals surface area (Å²) in [7, 11) is 0. The van der Waals surface area contributed by atoms with E-state index in [1.807, 2.05) is 0 Å². The first kappa shape index (κ1) is 19.7. The van der Waals surface area contributed by atoms with Gasteiger partial charge in [-0.3, -0.25) is 9.69 Å². The fourth-order valence-electron chi connectivity index (χ4n) is 2.51. The first-order chi connectivity index (χ1) is 12.3. The fraction of sp³-hybridized carbons (Fsp3) is 0.500. The summed E-state index contributed by atoms with van der Waals surface area (Å²) in [4.78, 5) is 36.8. The number of hydrogen-bond donors (Lipinski definition) is 2. The van der Waals surface area contributed by atoms with Crippen LogP contribution in [0.3, 0.4) is 0 Å². The Labute approximate surface area is 152 Å². The van der Waals surface area contributed by atoms with Crippen LogP contribution in [0, 0.1) is 0 Å². The third-order valence-corrected chi connectivity index (χ3v) is 4.25. The molecule has 0 spiro atoms. The van der Waals surface area contributed by atoms with Gasteiger partial charge in [0.25, 0.3) is 5.91 Å². The monoisotopic (exact) mass is 364 g/mol. The fourth-order valence-corrected chi connectivity index (χ4v) is 2.51. The van der Waals surface area contributed by atoms with Crippen LogP contribution >= 0.6 is 0 Å². The molecule has 26 heavy (non-hydrogen) atoms. The molecule has 8 nitrogen and oxygen atoms in total. The summed E-state index contributed by atoms with van der Waals surface area (Å²) in [5, 5.41) is 12.7. The van der Waals surface area contributed by atoms with Crippen LogP contribution in [-0.2, 0) is 9.53 Å². The summed E-state index contributed by atoms with van der Waals surface area (Å²) in [5.41, 5.74) is -0.529. The highest BCUT2D eigenvalue weighted by atomic mass is 16.5. The molecule has 142 valence electrons. The molecule has 1 saturated heterocycles. The number of ether oxygens (including phenoxy) is 2. The number of carbonyl (C=O) groups excluding carboxylic acids is 3. The van der Waals surface area contributed by atoms with E-state index in [1.54, 1.807) is 45.0 Å². The molecule has 8 heteroatoms. The van der Waals surface area contributed by atoms with Gasteiger partial charge in [0.1, 0.15) is 24.0 Å². The smallest absolute Gasteiger partial charge is 0.338 e. The Kier molecular flexibility index (Phi) is 6.20. The van der Waals surface area contributed by atoms with E-state index in [2.05, 4.69) is 5.32 Å². The Morgan fingerprint density at radius 3 is 2.46 bits per heavy atom. The van der Waals surface area contributed by atoms with Crippen molar-refractivity contribution in [2.75, 3.05) is 19.8 Å². The van der Waals surface area contributed by atoms with Gasteiger partial charge < -0.3 is 19.9 Å². The zero-order chi connectivity index (χ0) is 19.3. The molecule has 1 fully saturated rings. The van der Waals surface area contributed by atoms with Crippen molar-refractivity contribution in [2.24, 2.45) is 0 Å². The van der Waals surface area contributed by atoms with Gasteiger partial charge in [-0.15, -0.1) is 0 Å². The number of imide groups is 1. The minimum atomic E-state index is -1.03. The molecule has 1 aromatic rings. The Morgan fingerprint density at radius 1 is 1.27 bits per heavy atom. The van der Waals surface area contributed by atoms with Crippen molar-refractivity contribution in [1.29, 1.82) is 0 Å². The number of rotatable bonds is 8. The van der Waals surface area contributed by atoms with E-state index < -0.39 is 23.6 Å².